The first-order valence-corrected chi connectivity index (χ1v) is 5.28. The van der Waals surface area contributed by atoms with Crippen molar-refractivity contribution < 1.29 is 14.3 Å². The van der Waals surface area contributed by atoms with Gasteiger partial charge in [-0.25, -0.2) is 0 Å². The molecular formula is C13H14ClNO3. The normalized spacial score (nSPS) is 11.6. The third-order valence-corrected chi connectivity index (χ3v) is 2.53. The number of aliphatic carboxylic acids is 1. The van der Waals surface area contributed by atoms with Crippen molar-refractivity contribution in [3.05, 3.63) is 48.2 Å². The molecular weight excluding hydrogens is 254 g/mol. The molecule has 1 aromatic heterocycles. The second-order valence-corrected chi connectivity index (χ2v) is 3.82. The monoisotopic (exact) mass is 267 g/mol. The van der Waals surface area contributed by atoms with Gasteiger partial charge in [-0.2, -0.15) is 0 Å². The summed E-state index contributed by atoms with van der Waals surface area (Å²) in [5, 5.41) is 8.71. The van der Waals surface area contributed by atoms with Crippen LogP contribution < -0.4 is 5.73 Å². The van der Waals surface area contributed by atoms with E-state index in [4.69, 9.17) is 15.3 Å². The number of nitrogens with two attached hydrogens (primary N) is 1. The fourth-order valence-electron chi connectivity index (χ4n) is 1.59. The molecule has 0 aliphatic carbocycles. The topological polar surface area (TPSA) is 76.5 Å². The minimum Gasteiger partial charge on any atom is -0.480 e. The van der Waals surface area contributed by atoms with Crippen LogP contribution in [-0.4, -0.2) is 17.1 Å². The lowest BCUT2D eigenvalue weighted by atomic mass is 10.0. The molecule has 2 rings (SSSR count). The second-order valence-electron chi connectivity index (χ2n) is 3.82. The zero-order valence-corrected chi connectivity index (χ0v) is 10.4. The van der Waals surface area contributed by atoms with Crippen LogP contribution in [-0.2, 0) is 11.2 Å². The predicted molar refractivity (Wildman–Crippen MR) is 70.7 cm³/mol. The van der Waals surface area contributed by atoms with E-state index < -0.39 is 12.0 Å². The Morgan fingerprint density at radius 2 is 1.94 bits per heavy atom. The Bertz CT molecular complexity index is 493. The summed E-state index contributed by atoms with van der Waals surface area (Å²) in [6.45, 7) is 0. The third kappa shape index (κ3) is 3.35. The van der Waals surface area contributed by atoms with Crippen molar-refractivity contribution in [1.29, 1.82) is 0 Å². The van der Waals surface area contributed by atoms with Gasteiger partial charge >= 0.3 is 5.97 Å². The quantitative estimate of drug-likeness (QED) is 0.891. The van der Waals surface area contributed by atoms with Gasteiger partial charge in [-0.15, -0.1) is 12.4 Å². The SMILES string of the molecule is Cl.N[C@@H](Cc1ccc(-c2ccco2)cc1)C(=O)O. The first kappa shape index (κ1) is 14.3. The van der Waals surface area contributed by atoms with Crippen molar-refractivity contribution in [3.63, 3.8) is 0 Å². The zero-order valence-electron chi connectivity index (χ0n) is 9.58. The van der Waals surface area contributed by atoms with Crippen molar-refractivity contribution >= 4 is 18.4 Å². The number of hydrogen-bond donors (Lipinski definition) is 2. The molecule has 4 nitrogen and oxygen atoms in total. The lowest BCUT2D eigenvalue weighted by Crippen LogP contribution is -2.32. The summed E-state index contributed by atoms with van der Waals surface area (Å²) in [4.78, 5) is 10.6. The largest absolute Gasteiger partial charge is 0.480 e. The van der Waals surface area contributed by atoms with E-state index in [0.29, 0.717) is 6.42 Å². The molecule has 0 amide bonds. The Hall–Kier alpha value is -1.78. The molecule has 2 aromatic rings. The van der Waals surface area contributed by atoms with E-state index in [1.807, 2.05) is 36.4 Å². The van der Waals surface area contributed by atoms with E-state index >= 15 is 0 Å². The number of rotatable bonds is 4. The van der Waals surface area contributed by atoms with E-state index in [0.717, 1.165) is 16.9 Å². The van der Waals surface area contributed by atoms with Crippen LogP contribution in [0.2, 0.25) is 0 Å². The minimum atomic E-state index is -0.986. The van der Waals surface area contributed by atoms with Gasteiger partial charge < -0.3 is 15.3 Å². The third-order valence-electron chi connectivity index (χ3n) is 2.53. The highest BCUT2D eigenvalue weighted by atomic mass is 35.5. The minimum absolute atomic E-state index is 0. The first-order chi connectivity index (χ1) is 8.16. The number of carbonyl (C=O) groups is 1. The molecule has 1 aromatic carbocycles. The summed E-state index contributed by atoms with van der Waals surface area (Å²) in [7, 11) is 0. The molecule has 0 spiro atoms. The molecule has 1 atom stereocenters. The lowest BCUT2D eigenvalue weighted by molar-refractivity contribution is -0.138. The number of furan rings is 1. The molecule has 0 unspecified atom stereocenters. The Labute approximate surface area is 111 Å². The molecule has 0 radical (unpaired) electrons. The van der Waals surface area contributed by atoms with Crippen LogP contribution in [0.1, 0.15) is 5.56 Å². The van der Waals surface area contributed by atoms with Crippen LogP contribution in [0.25, 0.3) is 11.3 Å². The second kappa shape index (κ2) is 6.23. The van der Waals surface area contributed by atoms with E-state index in [2.05, 4.69) is 0 Å². The number of carboxylic acid groups (broad SMARTS) is 1. The van der Waals surface area contributed by atoms with Crippen LogP contribution in [0.3, 0.4) is 0 Å². The zero-order chi connectivity index (χ0) is 12.3. The Morgan fingerprint density at radius 1 is 1.28 bits per heavy atom. The van der Waals surface area contributed by atoms with Gasteiger partial charge in [0.2, 0.25) is 0 Å². The molecule has 0 aliphatic heterocycles. The van der Waals surface area contributed by atoms with Gasteiger partial charge in [-0.05, 0) is 24.1 Å². The van der Waals surface area contributed by atoms with Crippen molar-refractivity contribution in [2.75, 3.05) is 0 Å². The van der Waals surface area contributed by atoms with Crippen molar-refractivity contribution in [1.82, 2.24) is 0 Å². The number of halogens is 1. The standard InChI is InChI=1S/C13H13NO3.ClH/c14-11(13(15)16)8-9-3-5-10(6-4-9)12-2-1-7-17-12;/h1-7,11H,8,14H2,(H,15,16);1H/t11-;/m0./s1. The van der Waals surface area contributed by atoms with Crippen LogP contribution >= 0.6 is 12.4 Å². The molecule has 18 heavy (non-hydrogen) atoms. The van der Waals surface area contributed by atoms with Crippen molar-refractivity contribution in [3.8, 4) is 11.3 Å². The van der Waals surface area contributed by atoms with Crippen LogP contribution in [0, 0.1) is 0 Å². The molecule has 5 heteroatoms. The van der Waals surface area contributed by atoms with E-state index in [1.54, 1.807) is 6.26 Å². The predicted octanol–water partition coefficient (Wildman–Crippen LogP) is 2.32. The maximum absolute atomic E-state index is 10.6. The Kier molecular flexibility index (Phi) is 4.95. The summed E-state index contributed by atoms with van der Waals surface area (Å²) in [6.07, 6.45) is 1.94. The molecule has 3 N–H and O–H groups in total. The van der Waals surface area contributed by atoms with Gasteiger partial charge in [0.1, 0.15) is 11.8 Å². The van der Waals surface area contributed by atoms with Gasteiger partial charge in [0, 0.05) is 5.56 Å². The highest BCUT2D eigenvalue weighted by Crippen LogP contribution is 2.20. The van der Waals surface area contributed by atoms with E-state index in [1.165, 1.54) is 0 Å². The Balaban J connectivity index is 0.00000162. The van der Waals surface area contributed by atoms with Crippen molar-refractivity contribution in [2.45, 2.75) is 12.5 Å². The van der Waals surface area contributed by atoms with Crippen LogP contribution in [0.15, 0.2) is 47.1 Å². The van der Waals surface area contributed by atoms with Crippen molar-refractivity contribution in [2.24, 2.45) is 5.73 Å². The van der Waals surface area contributed by atoms with Gasteiger partial charge in [0.25, 0.3) is 0 Å². The first-order valence-electron chi connectivity index (χ1n) is 5.28. The molecule has 0 aliphatic rings. The fraction of sp³-hybridized carbons (Fsp3) is 0.154. The number of carboxylic acids is 1. The average molecular weight is 268 g/mol. The number of hydrogen-bond acceptors (Lipinski definition) is 3. The maximum atomic E-state index is 10.6. The summed E-state index contributed by atoms with van der Waals surface area (Å²) in [5.41, 5.74) is 7.32. The molecule has 0 saturated carbocycles. The van der Waals surface area contributed by atoms with E-state index in [9.17, 15) is 4.79 Å². The average Bonchev–Trinajstić information content (AvgIpc) is 2.83. The van der Waals surface area contributed by atoms with Gasteiger partial charge in [-0.3, -0.25) is 4.79 Å². The summed E-state index contributed by atoms with van der Waals surface area (Å²) >= 11 is 0. The summed E-state index contributed by atoms with van der Waals surface area (Å²) in [5.74, 6) is -0.195. The highest BCUT2D eigenvalue weighted by Gasteiger charge is 2.11. The lowest BCUT2D eigenvalue weighted by Gasteiger charge is -2.06. The fourth-order valence-corrected chi connectivity index (χ4v) is 1.59. The Morgan fingerprint density at radius 3 is 2.44 bits per heavy atom. The van der Waals surface area contributed by atoms with Gasteiger partial charge in [0.15, 0.2) is 0 Å². The number of benzene rings is 1. The molecule has 0 saturated heterocycles. The molecule has 0 fully saturated rings. The molecule has 96 valence electrons. The smallest absolute Gasteiger partial charge is 0.320 e. The molecule has 1 heterocycles. The highest BCUT2D eigenvalue weighted by molar-refractivity contribution is 5.85. The molecule has 0 bridgehead atoms. The van der Waals surface area contributed by atoms with E-state index in [-0.39, 0.29) is 12.4 Å². The van der Waals surface area contributed by atoms with Crippen LogP contribution in [0.5, 0.6) is 0 Å². The summed E-state index contributed by atoms with van der Waals surface area (Å²) in [6, 6.07) is 10.3. The van der Waals surface area contributed by atoms with Gasteiger partial charge in [0.05, 0.1) is 6.26 Å². The van der Waals surface area contributed by atoms with Gasteiger partial charge in [-0.1, -0.05) is 24.3 Å². The summed E-state index contributed by atoms with van der Waals surface area (Å²) < 4.78 is 5.26. The van der Waals surface area contributed by atoms with Crippen LogP contribution in [0.4, 0.5) is 0 Å². The maximum Gasteiger partial charge on any atom is 0.320 e.